The maximum atomic E-state index is 11.8. The van der Waals surface area contributed by atoms with Crippen LogP contribution in [0.2, 0.25) is 0 Å². The van der Waals surface area contributed by atoms with Crippen LogP contribution in [0.5, 0.6) is 0 Å². The van der Waals surface area contributed by atoms with Crippen LogP contribution in [0.4, 0.5) is 4.79 Å². The van der Waals surface area contributed by atoms with Gasteiger partial charge >= 0.3 is 6.09 Å². The minimum Gasteiger partial charge on any atom is -0.443 e. The van der Waals surface area contributed by atoms with Gasteiger partial charge in [-0.05, 0) is 48.4 Å². The molecule has 0 bridgehead atoms. The lowest BCUT2D eigenvalue weighted by atomic mass is 10.1. The molecule has 0 aromatic carbocycles. The monoisotopic (exact) mass is 283 g/mol. The van der Waals surface area contributed by atoms with E-state index in [4.69, 9.17) is 12.6 Å². The number of ether oxygens (including phenoxy) is 1. The van der Waals surface area contributed by atoms with Gasteiger partial charge in [-0.25, -0.2) is 4.79 Å². The molecule has 0 spiro atoms. The van der Waals surface area contributed by atoms with Crippen molar-refractivity contribution in [2.24, 2.45) is 0 Å². The van der Waals surface area contributed by atoms with E-state index in [0.29, 0.717) is 10.8 Å². The lowest BCUT2D eigenvalue weighted by Gasteiger charge is -2.20. The SMILES string of the molecule is [B]c1c(Br)cc(C=O)n1C(=O)OC(C)(C)C. The number of hydrogen-bond acceptors (Lipinski definition) is 3. The maximum Gasteiger partial charge on any atom is 0.418 e. The Labute approximate surface area is 103 Å². The van der Waals surface area contributed by atoms with Gasteiger partial charge in [-0.1, -0.05) is 0 Å². The summed E-state index contributed by atoms with van der Waals surface area (Å²) in [6.07, 6.45) is -0.122. The van der Waals surface area contributed by atoms with E-state index in [1.165, 1.54) is 6.07 Å². The third-order valence-corrected chi connectivity index (χ3v) is 2.35. The van der Waals surface area contributed by atoms with E-state index in [1.807, 2.05) is 0 Å². The Bertz CT molecular complexity index is 434. The summed E-state index contributed by atoms with van der Waals surface area (Å²) in [4.78, 5) is 22.5. The summed E-state index contributed by atoms with van der Waals surface area (Å²) in [5, 5.41) is 0. The minimum absolute atomic E-state index is 0.149. The summed E-state index contributed by atoms with van der Waals surface area (Å²) in [7, 11) is 5.66. The number of hydrogen-bond donors (Lipinski definition) is 0. The molecule has 2 radical (unpaired) electrons. The van der Waals surface area contributed by atoms with Gasteiger partial charge in [0.2, 0.25) is 0 Å². The minimum atomic E-state index is -0.669. The lowest BCUT2D eigenvalue weighted by molar-refractivity contribution is 0.0536. The molecule has 0 fully saturated rings. The Hall–Kier alpha value is -1.04. The summed E-state index contributed by atoms with van der Waals surface area (Å²) in [6.45, 7) is 5.21. The zero-order chi connectivity index (χ0) is 12.5. The highest BCUT2D eigenvalue weighted by molar-refractivity contribution is 9.10. The Morgan fingerprint density at radius 3 is 2.56 bits per heavy atom. The normalized spacial score (nSPS) is 11.2. The summed E-state index contributed by atoms with van der Waals surface area (Å²) in [6, 6.07) is 1.46. The highest BCUT2D eigenvalue weighted by atomic mass is 79.9. The van der Waals surface area contributed by atoms with Crippen LogP contribution < -0.4 is 5.59 Å². The van der Waals surface area contributed by atoms with Gasteiger partial charge in [-0.15, -0.1) is 0 Å². The Kier molecular flexibility index (Phi) is 3.63. The molecular formula is C10H11BBrNO3. The smallest absolute Gasteiger partial charge is 0.418 e. The average Bonchev–Trinajstić information content (AvgIpc) is 2.40. The molecular weight excluding hydrogens is 273 g/mol. The molecule has 0 N–H and O–H groups in total. The van der Waals surface area contributed by atoms with Crippen LogP contribution >= 0.6 is 15.9 Å². The van der Waals surface area contributed by atoms with E-state index < -0.39 is 11.7 Å². The zero-order valence-corrected chi connectivity index (χ0v) is 10.9. The number of nitrogens with zero attached hydrogens (tertiary/aromatic N) is 1. The molecule has 1 rings (SSSR count). The Morgan fingerprint density at radius 1 is 1.56 bits per heavy atom. The Morgan fingerprint density at radius 2 is 2.12 bits per heavy atom. The summed E-state index contributed by atoms with van der Waals surface area (Å²) in [5.74, 6) is 0. The number of aromatic nitrogens is 1. The Balaban J connectivity index is 3.12. The number of halogens is 1. The van der Waals surface area contributed by atoms with E-state index in [0.717, 1.165) is 4.57 Å². The van der Waals surface area contributed by atoms with Crippen molar-refractivity contribution < 1.29 is 14.3 Å². The van der Waals surface area contributed by atoms with E-state index >= 15 is 0 Å². The molecule has 84 valence electrons. The summed E-state index contributed by atoms with van der Waals surface area (Å²) >= 11 is 3.14. The molecule has 0 aliphatic rings. The molecule has 0 aliphatic heterocycles. The van der Waals surface area contributed by atoms with E-state index in [9.17, 15) is 9.59 Å². The first-order chi connectivity index (χ1) is 7.26. The average molecular weight is 284 g/mol. The summed E-state index contributed by atoms with van der Waals surface area (Å²) < 4.78 is 6.64. The first-order valence-electron chi connectivity index (χ1n) is 4.61. The van der Waals surface area contributed by atoms with Gasteiger partial charge < -0.3 is 4.74 Å². The fourth-order valence-corrected chi connectivity index (χ4v) is 1.52. The largest absolute Gasteiger partial charge is 0.443 e. The maximum absolute atomic E-state index is 11.8. The summed E-state index contributed by atoms with van der Waals surface area (Å²) in [5.41, 5.74) is -0.338. The molecule has 0 atom stereocenters. The third kappa shape index (κ3) is 2.75. The van der Waals surface area contributed by atoms with Crippen molar-refractivity contribution in [2.75, 3.05) is 0 Å². The van der Waals surface area contributed by atoms with E-state index in [1.54, 1.807) is 20.8 Å². The molecule has 6 heteroatoms. The molecule has 4 nitrogen and oxygen atoms in total. The van der Waals surface area contributed by atoms with Gasteiger partial charge in [0, 0.05) is 4.47 Å². The standard InChI is InChI=1S/C10H11BBrNO3/c1-10(2,3)16-9(15)13-6(5-14)4-7(12)8(13)11/h4-5H,1-3H3. The molecule has 0 amide bonds. The van der Waals surface area contributed by atoms with E-state index in [-0.39, 0.29) is 11.3 Å². The highest BCUT2D eigenvalue weighted by Gasteiger charge is 2.22. The predicted octanol–water partition coefficient (Wildman–Crippen LogP) is 1.64. The van der Waals surface area contributed by atoms with Gasteiger partial charge in [0.15, 0.2) is 6.29 Å². The lowest BCUT2D eigenvalue weighted by Crippen LogP contribution is -2.33. The van der Waals surface area contributed by atoms with Crippen LogP contribution in [-0.2, 0) is 4.74 Å². The van der Waals surface area contributed by atoms with Gasteiger partial charge in [0.1, 0.15) is 13.4 Å². The number of carbonyl (C=O) groups excluding carboxylic acids is 2. The van der Waals surface area contributed by atoms with Crippen molar-refractivity contribution in [3.05, 3.63) is 16.2 Å². The molecule has 1 heterocycles. The topological polar surface area (TPSA) is 48.3 Å². The molecule has 16 heavy (non-hydrogen) atoms. The number of aldehydes is 1. The second-order valence-corrected chi connectivity index (χ2v) is 5.09. The predicted molar refractivity (Wildman–Crippen MR) is 64.5 cm³/mol. The number of rotatable bonds is 1. The van der Waals surface area contributed by atoms with Crippen molar-refractivity contribution in [1.29, 1.82) is 0 Å². The van der Waals surface area contributed by atoms with Crippen LogP contribution in [0.1, 0.15) is 31.3 Å². The van der Waals surface area contributed by atoms with Crippen LogP contribution in [-0.4, -0.2) is 30.4 Å². The molecule has 1 aromatic rings. The van der Waals surface area contributed by atoms with Crippen LogP contribution in [0, 0.1) is 0 Å². The first-order valence-corrected chi connectivity index (χ1v) is 5.41. The number of carbonyl (C=O) groups is 2. The van der Waals surface area contributed by atoms with Crippen LogP contribution in [0.15, 0.2) is 10.5 Å². The van der Waals surface area contributed by atoms with Crippen LogP contribution in [0.25, 0.3) is 0 Å². The van der Waals surface area contributed by atoms with Crippen molar-refractivity contribution in [3.63, 3.8) is 0 Å². The zero-order valence-electron chi connectivity index (χ0n) is 9.28. The van der Waals surface area contributed by atoms with Crippen molar-refractivity contribution in [3.8, 4) is 0 Å². The second-order valence-electron chi connectivity index (χ2n) is 4.24. The molecule has 0 unspecified atom stereocenters. The second kappa shape index (κ2) is 4.45. The molecule has 0 saturated heterocycles. The van der Waals surface area contributed by atoms with Crippen molar-refractivity contribution in [1.82, 2.24) is 4.57 Å². The van der Waals surface area contributed by atoms with Gasteiger partial charge in [0.25, 0.3) is 0 Å². The quantitative estimate of drug-likeness (QED) is 0.582. The fraction of sp³-hybridized carbons (Fsp3) is 0.400. The molecule has 0 saturated carbocycles. The van der Waals surface area contributed by atoms with Gasteiger partial charge in [-0.2, -0.15) is 0 Å². The van der Waals surface area contributed by atoms with Crippen molar-refractivity contribution in [2.45, 2.75) is 26.4 Å². The van der Waals surface area contributed by atoms with Gasteiger partial charge in [-0.3, -0.25) is 9.36 Å². The molecule has 1 aromatic heterocycles. The third-order valence-electron chi connectivity index (χ3n) is 1.72. The van der Waals surface area contributed by atoms with Crippen molar-refractivity contribution >= 4 is 41.7 Å². The highest BCUT2D eigenvalue weighted by Crippen LogP contribution is 2.14. The van der Waals surface area contributed by atoms with Gasteiger partial charge in [0.05, 0.1) is 5.69 Å². The fourth-order valence-electron chi connectivity index (χ4n) is 1.11. The van der Waals surface area contributed by atoms with E-state index in [2.05, 4.69) is 15.9 Å². The first kappa shape index (κ1) is 13.0. The van der Waals surface area contributed by atoms with Crippen LogP contribution in [0.3, 0.4) is 0 Å². The molecule has 0 aliphatic carbocycles.